The molecule has 2 aromatic rings. The zero-order valence-corrected chi connectivity index (χ0v) is 7.94. The van der Waals surface area contributed by atoms with E-state index in [0.717, 1.165) is 4.88 Å². The fourth-order valence-corrected chi connectivity index (χ4v) is 1.44. The molecule has 0 aliphatic carbocycles. The number of hydrogen-bond acceptors (Lipinski definition) is 7. The Morgan fingerprint density at radius 3 is 3.14 bits per heavy atom. The Kier molecular flexibility index (Phi) is 2.53. The molecular weight excluding hydrogens is 204 g/mol. The number of aliphatic hydroxyl groups excluding tert-OH is 1. The second-order valence-electron chi connectivity index (χ2n) is 2.57. The van der Waals surface area contributed by atoms with E-state index in [0.29, 0.717) is 5.82 Å². The molecule has 0 spiro atoms. The highest BCUT2D eigenvalue weighted by Gasteiger charge is 2.15. The van der Waals surface area contributed by atoms with Gasteiger partial charge in [0, 0.05) is 12.7 Å². The summed E-state index contributed by atoms with van der Waals surface area (Å²) in [5.41, 5.74) is 6.92. The lowest BCUT2D eigenvalue weighted by atomic mass is 10.3. The van der Waals surface area contributed by atoms with Crippen LogP contribution in [0.3, 0.4) is 0 Å². The molecule has 74 valence electrons. The van der Waals surface area contributed by atoms with Crippen molar-refractivity contribution >= 4 is 11.3 Å². The Morgan fingerprint density at radius 2 is 2.50 bits per heavy atom. The first-order valence-electron chi connectivity index (χ1n) is 3.92. The monoisotopic (exact) mass is 212 g/mol. The van der Waals surface area contributed by atoms with Gasteiger partial charge in [-0.05, 0) is 0 Å². The molecular formula is C7H8N4O2S. The van der Waals surface area contributed by atoms with Crippen LogP contribution in [0.5, 0.6) is 0 Å². The van der Waals surface area contributed by atoms with Crippen molar-refractivity contribution < 1.29 is 9.63 Å². The van der Waals surface area contributed by atoms with Crippen molar-refractivity contribution in [2.24, 2.45) is 5.73 Å². The van der Waals surface area contributed by atoms with Crippen LogP contribution in [0.1, 0.15) is 12.0 Å². The normalized spacial score (nSPS) is 13.0. The van der Waals surface area contributed by atoms with Gasteiger partial charge < -0.3 is 15.4 Å². The molecule has 6 nitrogen and oxygen atoms in total. The summed E-state index contributed by atoms with van der Waals surface area (Å²) in [6.45, 7) is 0.0598. The maximum absolute atomic E-state index is 9.31. The summed E-state index contributed by atoms with van der Waals surface area (Å²) >= 11 is 1.40. The van der Waals surface area contributed by atoms with Crippen molar-refractivity contribution in [1.29, 1.82) is 0 Å². The van der Waals surface area contributed by atoms with Crippen LogP contribution in [0.15, 0.2) is 16.2 Å². The molecule has 1 unspecified atom stereocenters. The fourth-order valence-electron chi connectivity index (χ4n) is 0.898. The number of hydrogen-bond donors (Lipinski definition) is 2. The van der Waals surface area contributed by atoms with E-state index in [4.69, 9.17) is 10.3 Å². The number of nitrogens with two attached hydrogens (primary N) is 1. The van der Waals surface area contributed by atoms with Crippen molar-refractivity contribution in [2.75, 3.05) is 6.54 Å². The highest BCUT2D eigenvalue weighted by Crippen LogP contribution is 2.21. The maximum Gasteiger partial charge on any atom is 0.257 e. The van der Waals surface area contributed by atoms with E-state index in [-0.39, 0.29) is 12.4 Å². The number of thiazole rings is 1. The number of nitrogens with zero attached hydrogens (tertiary/aromatic N) is 3. The summed E-state index contributed by atoms with van der Waals surface area (Å²) in [6, 6.07) is 0. The summed E-state index contributed by atoms with van der Waals surface area (Å²) in [7, 11) is 0. The average molecular weight is 212 g/mol. The van der Waals surface area contributed by atoms with E-state index in [1.807, 2.05) is 0 Å². The lowest BCUT2D eigenvalue weighted by Crippen LogP contribution is -2.11. The van der Waals surface area contributed by atoms with Gasteiger partial charge in [0.15, 0.2) is 0 Å². The SMILES string of the molecule is NCC(O)c1nc(-c2cncs2)no1. The predicted molar refractivity (Wildman–Crippen MR) is 49.4 cm³/mol. The predicted octanol–water partition coefficient (Wildman–Crippen LogP) is 0.185. The van der Waals surface area contributed by atoms with Crippen LogP contribution in [0.25, 0.3) is 10.7 Å². The molecule has 0 aliphatic heterocycles. The Bertz CT molecular complexity index is 399. The summed E-state index contributed by atoms with van der Waals surface area (Å²) in [6.07, 6.45) is 0.734. The number of aromatic nitrogens is 3. The van der Waals surface area contributed by atoms with Crippen molar-refractivity contribution in [3.8, 4) is 10.7 Å². The topological polar surface area (TPSA) is 98.1 Å². The molecule has 2 aromatic heterocycles. The lowest BCUT2D eigenvalue weighted by molar-refractivity contribution is 0.141. The van der Waals surface area contributed by atoms with Crippen molar-refractivity contribution in [2.45, 2.75) is 6.10 Å². The van der Waals surface area contributed by atoms with E-state index < -0.39 is 6.10 Å². The molecule has 0 amide bonds. The minimum absolute atomic E-state index is 0.0598. The van der Waals surface area contributed by atoms with Gasteiger partial charge in [-0.1, -0.05) is 5.16 Å². The summed E-state index contributed by atoms with van der Waals surface area (Å²) in [4.78, 5) is 8.66. The highest BCUT2D eigenvalue weighted by molar-refractivity contribution is 7.13. The van der Waals surface area contributed by atoms with Gasteiger partial charge in [-0.25, -0.2) is 0 Å². The second kappa shape index (κ2) is 3.82. The van der Waals surface area contributed by atoms with E-state index in [2.05, 4.69) is 15.1 Å². The Labute approximate surface area is 83.4 Å². The molecule has 0 fully saturated rings. The molecule has 0 saturated heterocycles. The van der Waals surface area contributed by atoms with Crippen LogP contribution < -0.4 is 5.73 Å². The summed E-state index contributed by atoms with van der Waals surface area (Å²) in [5.74, 6) is 0.561. The Morgan fingerprint density at radius 1 is 1.64 bits per heavy atom. The van der Waals surface area contributed by atoms with Crippen molar-refractivity contribution in [3.63, 3.8) is 0 Å². The molecule has 0 aliphatic rings. The van der Waals surface area contributed by atoms with Gasteiger partial charge in [-0.3, -0.25) is 4.98 Å². The van der Waals surface area contributed by atoms with Gasteiger partial charge in [0.1, 0.15) is 6.10 Å². The quantitative estimate of drug-likeness (QED) is 0.753. The lowest BCUT2D eigenvalue weighted by Gasteiger charge is -1.97. The first kappa shape index (κ1) is 9.25. The molecule has 0 radical (unpaired) electrons. The van der Waals surface area contributed by atoms with Crippen LogP contribution in [-0.4, -0.2) is 26.8 Å². The summed E-state index contributed by atoms with van der Waals surface area (Å²) < 4.78 is 4.83. The van der Waals surface area contributed by atoms with E-state index in [1.165, 1.54) is 11.3 Å². The second-order valence-corrected chi connectivity index (χ2v) is 3.46. The highest BCUT2D eigenvalue weighted by atomic mass is 32.1. The third-order valence-electron chi connectivity index (χ3n) is 1.60. The van der Waals surface area contributed by atoms with Gasteiger partial charge in [0.05, 0.1) is 10.4 Å². The van der Waals surface area contributed by atoms with E-state index in [9.17, 15) is 5.11 Å². The Hall–Kier alpha value is -1.31. The van der Waals surface area contributed by atoms with E-state index >= 15 is 0 Å². The standard InChI is InChI=1S/C7H8N4O2S/c8-1-4(12)7-10-6(11-13-7)5-2-9-3-14-5/h2-4,12H,1,8H2. The molecule has 2 heterocycles. The largest absolute Gasteiger partial charge is 0.382 e. The zero-order valence-electron chi connectivity index (χ0n) is 7.12. The summed E-state index contributed by atoms with van der Waals surface area (Å²) in [5, 5.41) is 13.0. The first-order chi connectivity index (χ1) is 6.81. The molecule has 14 heavy (non-hydrogen) atoms. The third kappa shape index (κ3) is 1.65. The van der Waals surface area contributed by atoms with Crippen LogP contribution in [0.4, 0.5) is 0 Å². The smallest absolute Gasteiger partial charge is 0.257 e. The fraction of sp³-hybridized carbons (Fsp3) is 0.286. The number of rotatable bonds is 3. The van der Waals surface area contributed by atoms with Crippen LogP contribution in [-0.2, 0) is 0 Å². The Balaban J connectivity index is 2.26. The molecule has 7 heteroatoms. The molecule has 0 saturated carbocycles. The van der Waals surface area contributed by atoms with Gasteiger partial charge in [0.25, 0.3) is 5.89 Å². The number of aliphatic hydroxyl groups is 1. The molecule has 2 rings (SSSR count). The van der Waals surface area contributed by atoms with Gasteiger partial charge in [0.2, 0.25) is 5.82 Å². The molecule has 0 bridgehead atoms. The van der Waals surface area contributed by atoms with E-state index in [1.54, 1.807) is 11.7 Å². The minimum Gasteiger partial charge on any atom is -0.382 e. The van der Waals surface area contributed by atoms with Gasteiger partial charge >= 0.3 is 0 Å². The molecule has 1 atom stereocenters. The van der Waals surface area contributed by atoms with Crippen molar-refractivity contribution in [1.82, 2.24) is 15.1 Å². The first-order valence-corrected chi connectivity index (χ1v) is 4.80. The third-order valence-corrected chi connectivity index (χ3v) is 2.37. The van der Waals surface area contributed by atoms with Crippen LogP contribution in [0.2, 0.25) is 0 Å². The molecule has 3 N–H and O–H groups in total. The average Bonchev–Trinajstić information content (AvgIpc) is 2.86. The minimum atomic E-state index is -0.899. The zero-order chi connectivity index (χ0) is 9.97. The van der Waals surface area contributed by atoms with Crippen LogP contribution in [0, 0.1) is 0 Å². The van der Waals surface area contributed by atoms with Gasteiger partial charge in [-0.2, -0.15) is 4.98 Å². The van der Waals surface area contributed by atoms with Crippen LogP contribution >= 0.6 is 11.3 Å². The van der Waals surface area contributed by atoms with Gasteiger partial charge in [-0.15, -0.1) is 11.3 Å². The molecule has 0 aromatic carbocycles. The van der Waals surface area contributed by atoms with Crippen molar-refractivity contribution in [3.05, 3.63) is 17.6 Å². The maximum atomic E-state index is 9.31.